The van der Waals surface area contributed by atoms with Gasteiger partial charge in [0.1, 0.15) is 6.54 Å². The van der Waals surface area contributed by atoms with Crippen LogP contribution in [0.1, 0.15) is 6.92 Å². The van der Waals surface area contributed by atoms with E-state index in [1.54, 1.807) is 31.3 Å². The van der Waals surface area contributed by atoms with Crippen LogP contribution in [-0.2, 0) is 16.2 Å². The highest BCUT2D eigenvalue weighted by Crippen LogP contribution is 1.94. The van der Waals surface area contributed by atoms with Gasteiger partial charge in [-0.3, -0.25) is 14.0 Å². The van der Waals surface area contributed by atoms with E-state index in [2.05, 4.69) is 10.6 Å². The van der Waals surface area contributed by atoms with E-state index < -0.39 is 5.91 Å². The SMILES string of the molecule is CCONC(=O)Cn1nc2ccccn2c1=O. The Bertz CT molecular complexity index is 586. The highest BCUT2D eigenvalue weighted by atomic mass is 16.6. The number of nitrogens with zero attached hydrogens (tertiary/aromatic N) is 3. The van der Waals surface area contributed by atoms with Gasteiger partial charge in [0.15, 0.2) is 5.65 Å². The van der Waals surface area contributed by atoms with Crippen molar-refractivity contribution in [2.75, 3.05) is 6.61 Å². The average Bonchev–Trinajstić information content (AvgIpc) is 2.64. The Morgan fingerprint density at radius 2 is 2.35 bits per heavy atom. The molecule has 0 aliphatic rings. The van der Waals surface area contributed by atoms with Gasteiger partial charge in [-0.25, -0.2) is 15.0 Å². The molecule has 0 bridgehead atoms. The number of nitrogens with one attached hydrogen (secondary N) is 1. The Hall–Kier alpha value is -2.15. The maximum Gasteiger partial charge on any atom is 0.350 e. The molecule has 90 valence electrons. The van der Waals surface area contributed by atoms with Gasteiger partial charge in [0, 0.05) is 6.20 Å². The molecule has 0 unspecified atom stereocenters. The first-order chi connectivity index (χ1) is 8.22. The number of aromatic nitrogens is 3. The van der Waals surface area contributed by atoms with Crippen LogP contribution in [0.4, 0.5) is 0 Å². The number of fused-ring (bicyclic) bond motifs is 1. The van der Waals surface area contributed by atoms with Crippen molar-refractivity contribution in [2.24, 2.45) is 0 Å². The van der Waals surface area contributed by atoms with Crippen molar-refractivity contribution in [3.8, 4) is 0 Å². The zero-order valence-corrected chi connectivity index (χ0v) is 9.29. The van der Waals surface area contributed by atoms with Crippen LogP contribution in [0.3, 0.4) is 0 Å². The summed E-state index contributed by atoms with van der Waals surface area (Å²) in [7, 11) is 0. The normalized spacial score (nSPS) is 10.6. The number of rotatable bonds is 4. The first kappa shape index (κ1) is 11.3. The van der Waals surface area contributed by atoms with Gasteiger partial charge in [-0.1, -0.05) is 6.07 Å². The molecule has 1 amide bonds. The summed E-state index contributed by atoms with van der Waals surface area (Å²) in [4.78, 5) is 27.9. The number of pyridine rings is 1. The predicted molar refractivity (Wildman–Crippen MR) is 59.2 cm³/mol. The van der Waals surface area contributed by atoms with Crippen molar-refractivity contribution >= 4 is 11.6 Å². The first-order valence-corrected chi connectivity index (χ1v) is 5.17. The topological polar surface area (TPSA) is 77.6 Å². The van der Waals surface area contributed by atoms with Crippen LogP contribution in [0.5, 0.6) is 0 Å². The third kappa shape index (κ3) is 2.34. The van der Waals surface area contributed by atoms with Gasteiger partial charge < -0.3 is 0 Å². The Kier molecular flexibility index (Phi) is 3.20. The van der Waals surface area contributed by atoms with E-state index >= 15 is 0 Å². The third-order valence-electron chi connectivity index (χ3n) is 2.11. The summed E-state index contributed by atoms with van der Waals surface area (Å²) >= 11 is 0. The number of amides is 1. The number of hydroxylamine groups is 1. The molecule has 0 saturated carbocycles. The Morgan fingerprint density at radius 1 is 1.53 bits per heavy atom. The zero-order chi connectivity index (χ0) is 12.3. The van der Waals surface area contributed by atoms with Crippen LogP contribution >= 0.6 is 0 Å². The summed E-state index contributed by atoms with van der Waals surface area (Å²) in [5.74, 6) is -0.419. The van der Waals surface area contributed by atoms with Crippen LogP contribution in [-0.4, -0.2) is 26.7 Å². The van der Waals surface area contributed by atoms with Gasteiger partial charge in [0.2, 0.25) is 0 Å². The molecule has 0 aliphatic carbocycles. The minimum atomic E-state index is -0.419. The smallest absolute Gasteiger partial charge is 0.274 e. The Morgan fingerprint density at radius 3 is 3.06 bits per heavy atom. The highest BCUT2D eigenvalue weighted by molar-refractivity contribution is 5.74. The highest BCUT2D eigenvalue weighted by Gasteiger charge is 2.09. The quantitative estimate of drug-likeness (QED) is 0.730. The van der Waals surface area contributed by atoms with Crippen LogP contribution in [0.15, 0.2) is 29.2 Å². The molecule has 7 heteroatoms. The van der Waals surface area contributed by atoms with Crippen LogP contribution in [0.2, 0.25) is 0 Å². The molecule has 0 atom stereocenters. The number of carbonyl (C=O) groups is 1. The van der Waals surface area contributed by atoms with Gasteiger partial charge in [-0.05, 0) is 19.1 Å². The molecule has 0 spiro atoms. The van der Waals surface area contributed by atoms with Crippen molar-refractivity contribution in [1.29, 1.82) is 0 Å². The molecule has 7 nitrogen and oxygen atoms in total. The molecule has 0 aromatic carbocycles. The van der Waals surface area contributed by atoms with Crippen molar-refractivity contribution < 1.29 is 9.63 Å². The predicted octanol–water partition coefficient (Wildman–Crippen LogP) is -0.436. The van der Waals surface area contributed by atoms with Crippen molar-refractivity contribution in [2.45, 2.75) is 13.5 Å². The molecule has 0 saturated heterocycles. The van der Waals surface area contributed by atoms with Gasteiger partial charge in [0.25, 0.3) is 5.91 Å². The van der Waals surface area contributed by atoms with E-state index in [0.29, 0.717) is 12.3 Å². The third-order valence-corrected chi connectivity index (χ3v) is 2.11. The Balaban J connectivity index is 2.22. The van der Waals surface area contributed by atoms with Gasteiger partial charge in [0.05, 0.1) is 6.61 Å². The number of hydrogen-bond acceptors (Lipinski definition) is 4. The minimum absolute atomic E-state index is 0.166. The van der Waals surface area contributed by atoms with E-state index in [0.717, 1.165) is 4.68 Å². The van der Waals surface area contributed by atoms with Crippen molar-refractivity contribution in [1.82, 2.24) is 19.7 Å². The molecule has 2 heterocycles. The fraction of sp³-hybridized carbons (Fsp3) is 0.300. The fourth-order valence-electron chi connectivity index (χ4n) is 1.39. The Labute approximate surface area is 96.6 Å². The second kappa shape index (κ2) is 4.79. The largest absolute Gasteiger partial charge is 0.350 e. The van der Waals surface area contributed by atoms with Crippen LogP contribution in [0.25, 0.3) is 5.65 Å². The van der Waals surface area contributed by atoms with Crippen molar-refractivity contribution in [3.63, 3.8) is 0 Å². The van der Waals surface area contributed by atoms with E-state index in [1.165, 1.54) is 4.40 Å². The molecule has 0 radical (unpaired) electrons. The summed E-state index contributed by atoms with van der Waals surface area (Å²) in [6, 6.07) is 5.19. The fourth-order valence-corrected chi connectivity index (χ4v) is 1.39. The summed E-state index contributed by atoms with van der Waals surface area (Å²) < 4.78 is 2.46. The second-order valence-electron chi connectivity index (χ2n) is 3.33. The number of hydrogen-bond donors (Lipinski definition) is 1. The molecular weight excluding hydrogens is 224 g/mol. The maximum atomic E-state index is 11.8. The number of carbonyl (C=O) groups excluding carboxylic acids is 1. The van der Waals surface area contributed by atoms with E-state index in [4.69, 9.17) is 4.84 Å². The minimum Gasteiger partial charge on any atom is -0.274 e. The maximum absolute atomic E-state index is 11.8. The lowest BCUT2D eigenvalue weighted by Gasteiger charge is -2.01. The van der Waals surface area contributed by atoms with E-state index in [1.807, 2.05) is 0 Å². The van der Waals surface area contributed by atoms with Gasteiger partial charge in [-0.15, -0.1) is 5.10 Å². The summed E-state index contributed by atoms with van der Waals surface area (Å²) in [5.41, 5.74) is 2.35. The molecular formula is C10H12N4O3. The lowest BCUT2D eigenvalue weighted by Crippen LogP contribution is -2.32. The van der Waals surface area contributed by atoms with Crippen molar-refractivity contribution in [3.05, 3.63) is 34.9 Å². The zero-order valence-electron chi connectivity index (χ0n) is 9.29. The molecule has 0 fully saturated rings. The lowest BCUT2D eigenvalue weighted by molar-refractivity contribution is -0.134. The monoisotopic (exact) mass is 236 g/mol. The molecule has 2 rings (SSSR count). The van der Waals surface area contributed by atoms with E-state index in [-0.39, 0.29) is 12.2 Å². The molecule has 0 aliphatic heterocycles. The summed E-state index contributed by atoms with van der Waals surface area (Å²) in [6.07, 6.45) is 1.60. The first-order valence-electron chi connectivity index (χ1n) is 5.17. The summed E-state index contributed by atoms with van der Waals surface area (Å²) in [6.45, 7) is 1.95. The molecule has 1 N–H and O–H groups in total. The summed E-state index contributed by atoms with van der Waals surface area (Å²) in [5, 5.41) is 4.01. The average molecular weight is 236 g/mol. The second-order valence-corrected chi connectivity index (χ2v) is 3.33. The standard InChI is InChI=1S/C10H12N4O3/c1-2-17-12-9(15)7-14-10(16)13-6-4-3-5-8(13)11-14/h3-6H,2,7H2,1H3,(H,12,15). The van der Waals surface area contributed by atoms with Crippen LogP contribution < -0.4 is 11.2 Å². The van der Waals surface area contributed by atoms with Gasteiger partial charge >= 0.3 is 5.69 Å². The molecule has 2 aromatic heterocycles. The molecule has 17 heavy (non-hydrogen) atoms. The molecule has 2 aromatic rings. The van der Waals surface area contributed by atoms with Gasteiger partial charge in [-0.2, -0.15) is 0 Å². The lowest BCUT2D eigenvalue weighted by atomic mass is 10.5. The van der Waals surface area contributed by atoms with E-state index in [9.17, 15) is 9.59 Å². The van der Waals surface area contributed by atoms with Crippen LogP contribution in [0, 0.1) is 0 Å².